The number of hydrogen-bond donors (Lipinski definition) is 2. The minimum Gasteiger partial charge on any atom is -0.396 e. The molecule has 0 spiro atoms. The highest BCUT2D eigenvalue weighted by atomic mass is 32.2. The van der Waals surface area contributed by atoms with Crippen molar-refractivity contribution in [3.63, 3.8) is 0 Å². The lowest BCUT2D eigenvalue weighted by molar-refractivity contribution is -0.120. The van der Waals surface area contributed by atoms with Crippen molar-refractivity contribution in [3.8, 4) is 0 Å². The molecular formula is C13H20FN3O3S. The molecule has 1 rings (SSSR count). The second-order valence-corrected chi connectivity index (χ2v) is 7.27. The Bertz CT molecular complexity index is 619. The maximum Gasteiger partial charge on any atom is 0.241 e. The topological polar surface area (TPSA) is 92.5 Å². The highest BCUT2D eigenvalue weighted by molar-refractivity contribution is 7.90. The minimum absolute atomic E-state index is 0.0232. The average molecular weight is 317 g/mol. The van der Waals surface area contributed by atoms with Crippen LogP contribution in [-0.2, 0) is 14.6 Å². The molecule has 0 saturated heterocycles. The molecule has 1 atom stereocenters. The molecule has 0 bridgehead atoms. The Morgan fingerprint density at radius 1 is 1.48 bits per heavy atom. The van der Waals surface area contributed by atoms with Crippen LogP contribution >= 0.6 is 0 Å². The van der Waals surface area contributed by atoms with Crippen molar-refractivity contribution in [2.45, 2.75) is 13.0 Å². The minimum atomic E-state index is -3.08. The van der Waals surface area contributed by atoms with E-state index in [1.807, 2.05) is 0 Å². The zero-order chi connectivity index (χ0) is 16.2. The van der Waals surface area contributed by atoms with Gasteiger partial charge in [0.25, 0.3) is 0 Å². The maximum absolute atomic E-state index is 13.0. The summed E-state index contributed by atoms with van der Waals surface area (Å²) >= 11 is 0. The van der Waals surface area contributed by atoms with Gasteiger partial charge < -0.3 is 11.1 Å². The first-order chi connectivity index (χ1) is 9.60. The van der Waals surface area contributed by atoms with Gasteiger partial charge in [-0.05, 0) is 32.2 Å². The quantitative estimate of drug-likeness (QED) is 0.754. The molecule has 0 aromatic heterocycles. The number of carbonyl (C=O) groups excluding carboxylic acids is 1. The normalized spacial score (nSPS) is 13.2. The van der Waals surface area contributed by atoms with Gasteiger partial charge in [0.15, 0.2) is 0 Å². The fourth-order valence-electron chi connectivity index (χ4n) is 1.57. The Kier molecular flexibility index (Phi) is 5.68. The largest absolute Gasteiger partial charge is 0.396 e. The molecule has 1 unspecified atom stereocenters. The van der Waals surface area contributed by atoms with E-state index in [0.29, 0.717) is 5.69 Å². The van der Waals surface area contributed by atoms with Gasteiger partial charge in [-0.1, -0.05) is 0 Å². The van der Waals surface area contributed by atoms with Crippen LogP contribution in [0.2, 0.25) is 0 Å². The Morgan fingerprint density at radius 2 is 2.10 bits per heavy atom. The van der Waals surface area contributed by atoms with Gasteiger partial charge in [-0.3, -0.25) is 9.69 Å². The van der Waals surface area contributed by atoms with E-state index in [1.54, 1.807) is 18.9 Å². The van der Waals surface area contributed by atoms with E-state index in [9.17, 15) is 17.6 Å². The number of nitrogens with one attached hydrogen (secondary N) is 1. The number of likely N-dealkylation sites (N-methyl/N-ethyl adjacent to an activating group) is 1. The molecule has 3 N–H and O–H groups in total. The number of hydrogen-bond acceptors (Lipinski definition) is 5. The molecule has 8 heteroatoms. The van der Waals surface area contributed by atoms with Gasteiger partial charge >= 0.3 is 0 Å². The van der Waals surface area contributed by atoms with Gasteiger partial charge in [0.05, 0.1) is 17.5 Å². The first kappa shape index (κ1) is 17.4. The van der Waals surface area contributed by atoms with Gasteiger partial charge in [-0.25, -0.2) is 12.8 Å². The molecule has 21 heavy (non-hydrogen) atoms. The standard InChI is InChI=1S/C13H20FN3O3S/c1-9(17(2)6-7-21(3,19)20)13(18)16-10-4-5-11(14)12(15)8-10/h4-5,8-9H,6-7,15H2,1-3H3,(H,16,18). The van der Waals surface area contributed by atoms with Crippen molar-refractivity contribution in [2.24, 2.45) is 0 Å². The maximum atomic E-state index is 13.0. The fourth-order valence-corrected chi connectivity index (χ4v) is 2.19. The molecule has 0 heterocycles. The number of nitrogens with zero attached hydrogens (tertiary/aromatic N) is 1. The van der Waals surface area contributed by atoms with Crippen LogP contribution in [0.25, 0.3) is 0 Å². The van der Waals surface area contributed by atoms with Gasteiger partial charge in [-0.2, -0.15) is 0 Å². The summed E-state index contributed by atoms with van der Waals surface area (Å²) in [7, 11) is -1.42. The average Bonchev–Trinajstić information content (AvgIpc) is 2.38. The highest BCUT2D eigenvalue weighted by Crippen LogP contribution is 2.16. The summed E-state index contributed by atoms with van der Waals surface area (Å²) in [4.78, 5) is 13.7. The molecule has 118 valence electrons. The van der Waals surface area contributed by atoms with Crippen LogP contribution in [0.1, 0.15) is 6.92 Å². The summed E-state index contributed by atoms with van der Waals surface area (Å²) in [5.41, 5.74) is 5.77. The summed E-state index contributed by atoms with van der Waals surface area (Å²) in [6.07, 6.45) is 1.15. The van der Waals surface area contributed by atoms with E-state index < -0.39 is 21.7 Å². The predicted octanol–water partition coefficient (Wildman–Crippen LogP) is 0.711. The second kappa shape index (κ2) is 6.86. The molecule has 0 radical (unpaired) electrons. The zero-order valence-electron chi connectivity index (χ0n) is 12.3. The molecule has 1 aromatic carbocycles. The molecule has 0 saturated carbocycles. The summed E-state index contributed by atoms with van der Waals surface area (Å²) in [6.45, 7) is 1.91. The van der Waals surface area contributed by atoms with Crippen molar-refractivity contribution < 1.29 is 17.6 Å². The number of sulfone groups is 1. The molecule has 0 fully saturated rings. The Morgan fingerprint density at radius 3 is 2.62 bits per heavy atom. The van der Waals surface area contributed by atoms with Crippen LogP contribution in [0.15, 0.2) is 18.2 Å². The summed E-state index contributed by atoms with van der Waals surface area (Å²) < 4.78 is 35.3. The molecule has 0 aliphatic heterocycles. The van der Waals surface area contributed by atoms with E-state index in [4.69, 9.17) is 5.73 Å². The van der Waals surface area contributed by atoms with Gasteiger partial charge in [0.1, 0.15) is 15.7 Å². The molecule has 6 nitrogen and oxygen atoms in total. The Hall–Kier alpha value is -1.67. The highest BCUT2D eigenvalue weighted by Gasteiger charge is 2.19. The first-order valence-corrected chi connectivity index (χ1v) is 8.40. The number of nitrogen functional groups attached to an aromatic ring is 1. The van der Waals surface area contributed by atoms with Gasteiger partial charge in [0.2, 0.25) is 5.91 Å². The summed E-state index contributed by atoms with van der Waals surface area (Å²) in [5.74, 6) is -0.895. The summed E-state index contributed by atoms with van der Waals surface area (Å²) in [6, 6.07) is 3.38. The smallest absolute Gasteiger partial charge is 0.241 e. The number of rotatable bonds is 6. The van der Waals surface area contributed by atoms with E-state index in [1.165, 1.54) is 18.2 Å². The second-order valence-electron chi connectivity index (χ2n) is 5.01. The van der Waals surface area contributed by atoms with E-state index >= 15 is 0 Å². The monoisotopic (exact) mass is 317 g/mol. The third-order valence-electron chi connectivity index (χ3n) is 3.12. The van der Waals surface area contributed by atoms with Crippen molar-refractivity contribution in [1.29, 1.82) is 0 Å². The van der Waals surface area contributed by atoms with Crippen LogP contribution in [0.5, 0.6) is 0 Å². The van der Waals surface area contributed by atoms with Crippen LogP contribution in [0.3, 0.4) is 0 Å². The lowest BCUT2D eigenvalue weighted by Crippen LogP contribution is -2.41. The Balaban J connectivity index is 2.63. The van der Waals surface area contributed by atoms with Crippen molar-refractivity contribution in [2.75, 3.05) is 36.7 Å². The van der Waals surface area contributed by atoms with Crippen LogP contribution < -0.4 is 11.1 Å². The molecule has 0 aliphatic carbocycles. The molecule has 1 aromatic rings. The third kappa shape index (κ3) is 5.68. The van der Waals surface area contributed by atoms with Crippen molar-refractivity contribution in [1.82, 2.24) is 4.90 Å². The molecule has 1 amide bonds. The zero-order valence-corrected chi connectivity index (χ0v) is 13.1. The summed E-state index contributed by atoms with van der Waals surface area (Å²) in [5, 5.41) is 2.61. The lowest BCUT2D eigenvalue weighted by Gasteiger charge is -2.23. The SMILES string of the molecule is CC(C(=O)Nc1ccc(F)c(N)c1)N(C)CCS(C)(=O)=O. The van der Waals surface area contributed by atoms with Crippen LogP contribution in [0, 0.1) is 5.82 Å². The third-order valence-corrected chi connectivity index (χ3v) is 4.04. The van der Waals surface area contributed by atoms with Crippen molar-refractivity contribution >= 4 is 27.1 Å². The van der Waals surface area contributed by atoms with E-state index in [0.717, 1.165) is 6.26 Å². The van der Waals surface area contributed by atoms with Gasteiger partial charge in [0, 0.05) is 18.5 Å². The van der Waals surface area contributed by atoms with Crippen LogP contribution in [0.4, 0.5) is 15.8 Å². The van der Waals surface area contributed by atoms with Gasteiger partial charge in [-0.15, -0.1) is 0 Å². The van der Waals surface area contributed by atoms with E-state index in [-0.39, 0.29) is 23.9 Å². The predicted molar refractivity (Wildman–Crippen MR) is 81.2 cm³/mol. The number of carbonyl (C=O) groups is 1. The number of anilines is 2. The number of halogens is 1. The molecular weight excluding hydrogens is 297 g/mol. The van der Waals surface area contributed by atoms with Crippen LogP contribution in [-0.4, -0.2) is 50.9 Å². The fraction of sp³-hybridized carbons (Fsp3) is 0.462. The number of amides is 1. The van der Waals surface area contributed by atoms with E-state index in [2.05, 4.69) is 5.32 Å². The first-order valence-electron chi connectivity index (χ1n) is 6.34. The number of benzene rings is 1. The Labute approximate surface area is 124 Å². The lowest BCUT2D eigenvalue weighted by atomic mass is 10.2. The van der Waals surface area contributed by atoms with Crippen molar-refractivity contribution in [3.05, 3.63) is 24.0 Å². The molecule has 0 aliphatic rings. The number of nitrogens with two attached hydrogens (primary N) is 1.